The summed E-state index contributed by atoms with van der Waals surface area (Å²) in [7, 11) is 0. The predicted molar refractivity (Wildman–Crippen MR) is 60.1 cm³/mol. The van der Waals surface area contributed by atoms with Crippen LogP contribution in [0.3, 0.4) is 0 Å². The maximum Gasteiger partial charge on any atom is 0.221 e. The Bertz CT molecular complexity index is 531. The summed E-state index contributed by atoms with van der Waals surface area (Å²) in [6, 6.07) is 4.88. The molecule has 2 rings (SSSR count). The molecule has 0 unspecified atom stereocenters. The summed E-state index contributed by atoms with van der Waals surface area (Å²) in [5.41, 5.74) is 5.61. The van der Waals surface area contributed by atoms with E-state index in [2.05, 4.69) is 15.3 Å². The Morgan fingerprint density at radius 3 is 2.82 bits per heavy atom. The molecule has 0 radical (unpaired) electrons. The number of hydrogen-bond donors (Lipinski definition) is 2. The van der Waals surface area contributed by atoms with E-state index in [0.29, 0.717) is 5.82 Å². The van der Waals surface area contributed by atoms with Crippen molar-refractivity contribution in [1.29, 1.82) is 0 Å². The first-order valence-electron chi connectivity index (χ1n) is 4.91. The number of nitrogen functional groups attached to an aromatic ring is 1. The summed E-state index contributed by atoms with van der Waals surface area (Å²) in [5, 5.41) is 2.83. The van der Waals surface area contributed by atoms with Crippen LogP contribution in [0.5, 0.6) is 0 Å². The Labute approximate surface area is 96.5 Å². The van der Waals surface area contributed by atoms with Crippen molar-refractivity contribution in [3.63, 3.8) is 0 Å². The van der Waals surface area contributed by atoms with Crippen LogP contribution in [0.25, 0.3) is 0 Å². The number of aromatic nitrogens is 2. The normalized spacial score (nSPS) is 10.2. The zero-order valence-corrected chi connectivity index (χ0v) is 8.82. The van der Waals surface area contributed by atoms with Gasteiger partial charge in [-0.25, -0.2) is 13.8 Å². The van der Waals surface area contributed by atoms with E-state index in [9.17, 15) is 8.78 Å². The van der Waals surface area contributed by atoms with Gasteiger partial charge in [0.15, 0.2) is 0 Å². The highest BCUT2D eigenvalue weighted by Gasteiger charge is 2.04. The first-order chi connectivity index (χ1) is 8.15. The van der Waals surface area contributed by atoms with E-state index in [0.717, 1.165) is 18.2 Å². The first-order valence-corrected chi connectivity index (χ1v) is 4.91. The highest BCUT2D eigenvalue weighted by Crippen LogP contribution is 2.12. The Morgan fingerprint density at radius 2 is 2.06 bits per heavy atom. The summed E-state index contributed by atoms with van der Waals surface area (Å²) in [6.07, 6.45) is 1.48. The van der Waals surface area contributed by atoms with Gasteiger partial charge in [-0.1, -0.05) is 0 Å². The molecule has 6 heteroatoms. The third-order valence-corrected chi connectivity index (χ3v) is 2.14. The Kier molecular flexibility index (Phi) is 3.13. The SMILES string of the molecule is Nc1nccc(NCc2cc(F)ccc2F)n1. The van der Waals surface area contributed by atoms with Crippen molar-refractivity contribution < 1.29 is 8.78 Å². The van der Waals surface area contributed by atoms with Crippen LogP contribution in [-0.4, -0.2) is 9.97 Å². The third kappa shape index (κ3) is 2.87. The summed E-state index contributed by atoms with van der Waals surface area (Å²) >= 11 is 0. The molecule has 0 aliphatic heterocycles. The molecule has 88 valence electrons. The van der Waals surface area contributed by atoms with E-state index in [1.54, 1.807) is 6.07 Å². The average molecular weight is 236 g/mol. The number of halogens is 2. The molecule has 17 heavy (non-hydrogen) atoms. The topological polar surface area (TPSA) is 63.8 Å². The molecule has 0 aliphatic rings. The van der Waals surface area contributed by atoms with E-state index in [4.69, 9.17) is 5.73 Å². The van der Waals surface area contributed by atoms with Gasteiger partial charge in [-0.3, -0.25) is 0 Å². The van der Waals surface area contributed by atoms with Gasteiger partial charge in [-0.15, -0.1) is 0 Å². The fourth-order valence-corrected chi connectivity index (χ4v) is 1.34. The molecule has 0 saturated carbocycles. The molecule has 0 saturated heterocycles. The lowest BCUT2D eigenvalue weighted by molar-refractivity contribution is 0.587. The molecule has 3 N–H and O–H groups in total. The molecule has 0 spiro atoms. The molecule has 4 nitrogen and oxygen atoms in total. The molecule has 2 aromatic rings. The van der Waals surface area contributed by atoms with Crippen molar-refractivity contribution in [2.75, 3.05) is 11.1 Å². The monoisotopic (exact) mass is 236 g/mol. The highest BCUT2D eigenvalue weighted by molar-refractivity contribution is 5.38. The van der Waals surface area contributed by atoms with Gasteiger partial charge in [0.1, 0.15) is 17.5 Å². The minimum atomic E-state index is -0.481. The van der Waals surface area contributed by atoms with Crippen molar-refractivity contribution in [1.82, 2.24) is 9.97 Å². The zero-order chi connectivity index (χ0) is 12.3. The molecular weight excluding hydrogens is 226 g/mol. The number of anilines is 2. The van der Waals surface area contributed by atoms with Crippen LogP contribution in [0, 0.1) is 11.6 Å². The van der Waals surface area contributed by atoms with Crippen LogP contribution in [0.15, 0.2) is 30.5 Å². The van der Waals surface area contributed by atoms with E-state index in [1.807, 2.05) is 0 Å². The second kappa shape index (κ2) is 4.73. The van der Waals surface area contributed by atoms with Crippen LogP contribution < -0.4 is 11.1 Å². The van der Waals surface area contributed by atoms with Crippen molar-refractivity contribution in [3.05, 3.63) is 47.7 Å². The third-order valence-electron chi connectivity index (χ3n) is 2.14. The molecule has 1 heterocycles. The van der Waals surface area contributed by atoms with E-state index in [-0.39, 0.29) is 18.1 Å². The van der Waals surface area contributed by atoms with Gasteiger partial charge >= 0.3 is 0 Å². The smallest absolute Gasteiger partial charge is 0.221 e. The molecular formula is C11H10F2N4. The van der Waals surface area contributed by atoms with Crippen LogP contribution in [0.2, 0.25) is 0 Å². The Hall–Kier alpha value is -2.24. The first kappa shape index (κ1) is 11.3. The van der Waals surface area contributed by atoms with Crippen molar-refractivity contribution in [2.45, 2.75) is 6.54 Å². The average Bonchev–Trinajstić information content (AvgIpc) is 2.30. The molecule has 0 amide bonds. The molecule has 1 aromatic carbocycles. The van der Waals surface area contributed by atoms with Gasteiger partial charge < -0.3 is 11.1 Å². The highest BCUT2D eigenvalue weighted by atomic mass is 19.1. The second-order valence-corrected chi connectivity index (χ2v) is 3.39. The number of nitrogens with zero attached hydrogens (tertiary/aromatic N) is 2. The maximum atomic E-state index is 13.3. The van der Waals surface area contributed by atoms with Gasteiger partial charge in [-0.2, -0.15) is 4.98 Å². The molecule has 1 aromatic heterocycles. The summed E-state index contributed by atoms with van der Waals surface area (Å²) in [4.78, 5) is 7.60. The Morgan fingerprint density at radius 1 is 1.24 bits per heavy atom. The quantitative estimate of drug-likeness (QED) is 0.854. The van der Waals surface area contributed by atoms with Crippen molar-refractivity contribution >= 4 is 11.8 Å². The fourth-order valence-electron chi connectivity index (χ4n) is 1.34. The zero-order valence-electron chi connectivity index (χ0n) is 8.82. The number of hydrogen-bond acceptors (Lipinski definition) is 4. The lowest BCUT2D eigenvalue weighted by Crippen LogP contribution is -2.05. The van der Waals surface area contributed by atoms with E-state index < -0.39 is 11.6 Å². The Balaban J connectivity index is 2.09. The van der Waals surface area contributed by atoms with E-state index in [1.165, 1.54) is 6.20 Å². The van der Waals surface area contributed by atoms with Crippen LogP contribution in [-0.2, 0) is 6.54 Å². The van der Waals surface area contributed by atoms with Crippen LogP contribution in [0.1, 0.15) is 5.56 Å². The van der Waals surface area contributed by atoms with E-state index >= 15 is 0 Å². The number of nitrogens with one attached hydrogen (secondary N) is 1. The van der Waals surface area contributed by atoms with Gasteiger partial charge in [0, 0.05) is 18.3 Å². The minimum Gasteiger partial charge on any atom is -0.368 e. The summed E-state index contributed by atoms with van der Waals surface area (Å²) < 4.78 is 26.2. The number of rotatable bonds is 3. The molecule has 0 bridgehead atoms. The van der Waals surface area contributed by atoms with Crippen molar-refractivity contribution in [3.8, 4) is 0 Å². The number of nitrogens with two attached hydrogens (primary N) is 1. The fraction of sp³-hybridized carbons (Fsp3) is 0.0909. The number of benzene rings is 1. The van der Waals surface area contributed by atoms with Gasteiger partial charge in [0.05, 0.1) is 0 Å². The maximum absolute atomic E-state index is 13.3. The predicted octanol–water partition coefficient (Wildman–Crippen LogP) is 1.95. The standard InChI is InChI=1S/C11H10F2N4/c12-8-1-2-9(13)7(5-8)6-16-10-3-4-15-11(14)17-10/h1-5H,6H2,(H3,14,15,16,17). The van der Waals surface area contributed by atoms with Gasteiger partial charge in [0.2, 0.25) is 5.95 Å². The van der Waals surface area contributed by atoms with Gasteiger partial charge in [0.25, 0.3) is 0 Å². The molecule has 0 fully saturated rings. The lowest BCUT2D eigenvalue weighted by atomic mass is 10.2. The second-order valence-electron chi connectivity index (χ2n) is 3.39. The summed E-state index contributed by atoms with van der Waals surface area (Å²) in [6.45, 7) is 0.125. The van der Waals surface area contributed by atoms with Crippen LogP contribution >= 0.6 is 0 Å². The molecule has 0 aliphatic carbocycles. The minimum absolute atomic E-state index is 0.120. The lowest BCUT2D eigenvalue weighted by Gasteiger charge is -2.06. The molecule has 0 atom stereocenters. The van der Waals surface area contributed by atoms with Crippen molar-refractivity contribution in [2.24, 2.45) is 0 Å². The van der Waals surface area contributed by atoms with Gasteiger partial charge in [-0.05, 0) is 24.3 Å². The van der Waals surface area contributed by atoms with Crippen LogP contribution in [0.4, 0.5) is 20.5 Å². The summed E-state index contributed by atoms with van der Waals surface area (Å²) in [5.74, 6) is -0.373. The largest absolute Gasteiger partial charge is 0.368 e.